The Morgan fingerprint density at radius 1 is 0.766 bits per heavy atom. The smallest absolute Gasteiger partial charge is 0.726 e. The van der Waals surface area contributed by atoms with E-state index in [1.165, 1.54) is 83.5 Å². The molecule has 47 heavy (non-hydrogen) atoms. The predicted octanol–water partition coefficient (Wildman–Crippen LogP) is 3.36. The zero-order valence-corrected chi connectivity index (χ0v) is 33.3. The minimum Gasteiger partial charge on any atom is -0.726 e. The van der Waals surface area contributed by atoms with Crippen molar-refractivity contribution in [3.05, 3.63) is 0 Å². The summed E-state index contributed by atoms with van der Waals surface area (Å²) in [5, 5.41) is 28.8. The Hall–Kier alpha value is 0.140. The third-order valence-electron chi connectivity index (χ3n) is 7.60. The Labute approximate surface area is 309 Å². The molecule has 1 aliphatic heterocycles. The van der Waals surface area contributed by atoms with Gasteiger partial charge >= 0.3 is 35.5 Å². The van der Waals surface area contributed by atoms with Gasteiger partial charge < -0.3 is 34.1 Å². The molecular formula is C34H69NaO11S. The summed E-state index contributed by atoms with van der Waals surface area (Å²) in [4.78, 5) is 11.6. The Bertz CT molecular complexity index is 756. The second kappa shape index (κ2) is 37.4. The molecule has 0 spiro atoms. The molecule has 1 fully saturated rings. The van der Waals surface area contributed by atoms with E-state index in [-0.39, 0.29) is 55.3 Å². The first-order valence-corrected chi connectivity index (χ1v) is 19.4. The van der Waals surface area contributed by atoms with Crippen molar-refractivity contribution in [2.75, 3.05) is 33.0 Å². The van der Waals surface area contributed by atoms with Gasteiger partial charge in [-0.05, 0) is 26.7 Å². The molecule has 3 N–H and O–H groups in total. The monoisotopic (exact) mass is 708 g/mol. The number of rotatable bonds is 27. The molecule has 4 atom stereocenters. The molecule has 0 saturated carbocycles. The number of hydrogen-bond acceptors (Lipinski definition) is 11. The average Bonchev–Trinajstić information content (AvgIpc) is 3.35. The maximum absolute atomic E-state index is 11.6. The van der Waals surface area contributed by atoms with Gasteiger partial charge in [0.15, 0.2) is 0 Å². The quantitative estimate of drug-likeness (QED) is 0.0376. The number of esters is 1. The van der Waals surface area contributed by atoms with Gasteiger partial charge in [-0.1, -0.05) is 123 Å². The molecule has 0 bridgehead atoms. The first-order chi connectivity index (χ1) is 22.0. The fourth-order valence-corrected chi connectivity index (χ4v) is 5.17. The third kappa shape index (κ3) is 37.2. The molecule has 1 rings (SSSR count). The van der Waals surface area contributed by atoms with Crippen LogP contribution in [0.2, 0.25) is 0 Å². The minimum absolute atomic E-state index is 0. The SMILES string of the molecule is CCCCCCCCCCCC(=O)OC[C@@H](O)[C@H]1OC[C@H](O)[C@H]1O.CCCCCCCCCCCCOS(=O)(=O)[O-].CCOCC.[Na+]. The molecule has 1 aliphatic rings. The molecule has 0 aliphatic carbocycles. The number of hydrogen-bond donors (Lipinski definition) is 3. The van der Waals surface area contributed by atoms with E-state index in [0.717, 1.165) is 45.3 Å². The number of aliphatic hydroxyl groups is 3. The summed E-state index contributed by atoms with van der Waals surface area (Å²) in [6.07, 6.45) is 18.5. The molecule has 0 aromatic rings. The molecule has 1 heterocycles. The summed E-state index contributed by atoms with van der Waals surface area (Å²) in [6.45, 7) is 9.89. The molecule has 0 radical (unpaired) electrons. The minimum atomic E-state index is -4.48. The van der Waals surface area contributed by atoms with Gasteiger partial charge in [-0.15, -0.1) is 0 Å². The maximum atomic E-state index is 11.6. The number of ether oxygens (including phenoxy) is 3. The molecule has 0 amide bonds. The zero-order valence-electron chi connectivity index (χ0n) is 30.5. The van der Waals surface area contributed by atoms with Gasteiger partial charge in [0.25, 0.3) is 0 Å². The van der Waals surface area contributed by atoms with Crippen LogP contribution in [0.4, 0.5) is 0 Å². The second-order valence-electron chi connectivity index (χ2n) is 11.9. The van der Waals surface area contributed by atoms with Crippen LogP contribution in [0.1, 0.15) is 156 Å². The summed E-state index contributed by atoms with van der Waals surface area (Å²) >= 11 is 0. The van der Waals surface area contributed by atoms with Crippen LogP contribution in [0, 0.1) is 0 Å². The van der Waals surface area contributed by atoms with Crippen LogP contribution >= 0.6 is 0 Å². The largest absolute Gasteiger partial charge is 1.00 e. The predicted molar refractivity (Wildman–Crippen MR) is 180 cm³/mol. The van der Waals surface area contributed by atoms with Gasteiger partial charge in [0.05, 0.1) is 13.2 Å². The molecule has 11 nitrogen and oxygen atoms in total. The second-order valence-corrected chi connectivity index (χ2v) is 12.9. The topological polar surface area (TPSA) is 172 Å². The first-order valence-electron chi connectivity index (χ1n) is 18.0. The third-order valence-corrected chi connectivity index (χ3v) is 8.06. The number of aliphatic hydroxyl groups excluding tert-OH is 3. The van der Waals surface area contributed by atoms with Crippen LogP contribution in [-0.2, 0) is 33.6 Å². The molecule has 13 heteroatoms. The van der Waals surface area contributed by atoms with Crippen molar-refractivity contribution in [2.45, 2.75) is 181 Å². The van der Waals surface area contributed by atoms with Crippen LogP contribution in [0.5, 0.6) is 0 Å². The maximum Gasteiger partial charge on any atom is 1.00 e. The Morgan fingerprint density at radius 2 is 1.19 bits per heavy atom. The van der Waals surface area contributed by atoms with Crippen molar-refractivity contribution in [2.24, 2.45) is 0 Å². The molecule has 278 valence electrons. The van der Waals surface area contributed by atoms with E-state index in [0.29, 0.717) is 12.8 Å². The van der Waals surface area contributed by atoms with Gasteiger partial charge in [-0.2, -0.15) is 0 Å². The summed E-state index contributed by atoms with van der Waals surface area (Å²) < 4.78 is 49.4. The van der Waals surface area contributed by atoms with Crippen LogP contribution in [0.15, 0.2) is 0 Å². The normalized spacial score (nSPS) is 17.9. The van der Waals surface area contributed by atoms with Gasteiger partial charge in [-0.3, -0.25) is 8.98 Å². The zero-order chi connectivity index (χ0) is 34.9. The fourth-order valence-electron chi connectivity index (χ4n) is 4.84. The van der Waals surface area contributed by atoms with Crippen molar-refractivity contribution >= 4 is 16.4 Å². The standard InChI is InChI=1S/C18H34O6.C12H26O4S.C4H10O.Na/c1-2-3-4-5-6-7-8-9-10-11-16(21)23-13-15(20)18-17(22)14(19)12-24-18;1-2-3-4-5-6-7-8-9-10-11-12-16-17(13,14)15;1-3-5-4-2;/h14-15,17-20,22H,2-13H2,1H3;2-12H2,1H3,(H,13,14,15);3-4H2,1-2H3;/q;;;+1/p-1/t14-,15+,17+,18+;;;/m0.../s1. The molecule has 0 unspecified atom stereocenters. The van der Waals surface area contributed by atoms with E-state index in [4.69, 9.17) is 14.2 Å². The molecular weight excluding hydrogens is 639 g/mol. The van der Waals surface area contributed by atoms with E-state index < -0.39 is 34.8 Å². The number of unbranched alkanes of at least 4 members (excludes halogenated alkanes) is 17. The summed E-state index contributed by atoms with van der Waals surface area (Å²) in [5.41, 5.74) is 0. The van der Waals surface area contributed by atoms with E-state index in [1.807, 2.05) is 13.8 Å². The van der Waals surface area contributed by atoms with Crippen LogP contribution in [0.3, 0.4) is 0 Å². The Balaban J connectivity index is -0.000000736. The Morgan fingerprint density at radius 3 is 1.55 bits per heavy atom. The first kappa shape index (κ1) is 51.5. The van der Waals surface area contributed by atoms with E-state index >= 15 is 0 Å². The van der Waals surface area contributed by atoms with Gasteiger partial charge in [0.1, 0.15) is 31.0 Å². The van der Waals surface area contributed by atoms with Crippen molar-refractivity contribution in [3.8, 4) is 0 Å². The molecule has 0 aromatic heterocycles. The van der Waals surface area contributed by atoms with Crippen molar-refractivity contribution < 1.29 is 81.0 Å². The van der Waals surface area contributed by atoms with Gasteiger partial charge in [0.2, 0.25) is 10.4 Å². The summed E-state index contributed by atoms with van der Waals surface area (Å²) in [5.74, 6) is -0.343. The van der Waals surface area contributed by atoms with Crippen molar-refractivity contribution in [1.82, 2.24) is 0 Å². The van der Waals surface area contributed by atoms with Gasteiger partial charge in [-0.25, -0.2) is 8.42 Å². The van der Waals surface area contributed by atoms with E-state index in [2.05, 4.69) is 18.0 Å². The van der Waals surface area contributed by atoms with Crippen molar-refractivity contribution in [3.63, 3.8) is 0 Å². The van der Waals surface area contributed by atoms with Crippen LogP contribution in [0.25, 0.3) is 0 Å². The number of carbonyl (C=O) groups excluding carboxylic acids is 1. The molecule has 1 saturated heterocycles. The van der Waals surface area contributed by atoms with E-state index in [9.17, 15) is 33.1 Å². The van der Waals surface area contributed by atoms with Crippen LogP contribution < -0.4 is 29.6 Å². The van der Waals surface area contributed by atoms with E-state index in [1.54, 1.807) is 0 Å². The van der Waals surface area contributed by atoms with Crippen LogP contribution in [-0.4, -0.2) is 91.7 Å². The molecule has 0 aromatic carbocycles. The van der Waals surface area contributed by atoms with Crippen molar-refractivity contribution in [1.29, 1.82) is 0 Å². The van der Waals surface area contributed by atoms with Gasteiger partial charge in [0, 0.05) is 19.6 Å². The number of carbonyl (C=O) groups is 1. The average molecular weight is 709 g/mol. The summed E-state index contributed by atoms with van der Waals surface area (Å²) in [7, 11) is -4.48. The summed E-state index contributed by atoms with van der Waals surface area (Å²) in [6, 6.07) is 0. The fraction of sp³-hybridized carbons (Fsp3) is 0.971. The Kier molecular flexibility index (Phi) is 41.0.